The monoisotopic (exact) mass is 239 g/mol. The van der Waals surface area contributed by atoms with E-state index in [0.29, 0.717) is 31.7 Å². The lowest BCUT2D eigenvalue weighted by molar-refractivity contribution is -0.154. The highest BCUT2D eigenvalue weighted by Crippen LogP contribution is 2.40. The lowest BCUT2D eigenvalue weighted by Gasteiger charge is -2.37. The molecule has 0 aromatic carbocycles. The second kappa shape index (κ2) is 5.07. The molecule has 17 heavy (non-hydrogen) atoms. The van der Waals surface area contributed by atoms with Gasteiger partial charge in [0, 0.05) is 13.0 Å². The number of carboxylic acid groups (broad SMARTS) is 1. The summed E-state index contributed by atoms with van der Waals surface area (Å²) in [5.41, 5.74) is -0.661. The van der Waals surface area contributed by atoms with Crippen LogP contribution in [0.5, 0.6) is 0 Å². The van der Waals surface area contributed by atoms with Crippen LogP contribution in [0, 0.1) is 11.3 Å². The van der Waals surface area contributed by atoms with Crippen LogP contribution in [0.4, 0.5) is 0 Å². The summed E-state index contributed by atoms with van der Waals surface area (Å²) in [6.45, 7) is 0.313. The van der Waals surface area contributed by atoms with E-state index < -0.39 is 11.4 Å². The Morgan fingerprint density at radius 1 is 1.18 bits per heavy atom. The zero-order valence-corrected chi connectivity index (χ0v) is 10.2. The predicted molar refractivity (Wildman–Crippen MR) is 63.5 cm³/mol. The van der Waals surface area contributed by atoms with Crippen molar-refractivity contribution in [2.24, 2.45) is 11.3 Å². The molecule has 0 heterocycles. The van der Waals surface area contributed by atoms with Gasteiger partial charge in [-0.2, -0.15) is 0 Å². The van der Waals surface area contributed by atoms with Crippen LogP contribution in [0.1, 0.15) is 51.4 Å². The quantitative estimate of drug-likeness (QED) is 0.770. The number of carbonyl (C=O) groups excluding carboxylic acids is 1. The van der Waals surface area contributed by atoms with E-state index in [1.807, 2.05) is 0 Å². The molecule has 2 aliphatic rings. The smallest absolute Gasteiger partial charge is 0.311 e. The molecule has 2 rings (SSSR count). The van der Waals surface area contributed by atoms with Crippen LogP contribution < -0.4 is 5.32 Å². The summed E-state index contributed by atoms with van der Waals surface area (Å²) in [7, 11) is 0. The second-order valence-electron chi connectivity index (χ2n) is 5.57. The molecule has 1 amide bonds. The highest BCUT2D eigenvalue weighted by Gasteiger charge is 2.44. The number of hydrogen-bond acceptors (Lipinski definition) is 2. The minimum Gasteiger partial charge on any atom is -0.481 e. The fraction of sp³-hybridized carbons (Fsp3) is 0.846. The van der Waals surface area contributed by atoms with Gasteiger partial charge >= 0.3 is 5.97 Å². The number of nitrogens with one attached hydrogen (secondary N) is 1. The van der Waals surface area contributed by atoms with E-state index in [4.69, 9.17) is 5.11 Å². The Bertz CT molecular complexity index is 304. The molecule has 0 bridgehead atoms. The number of rotatable bonds is 5. The zero-order valence-electron chi connectivity index (χ0n) is 10.2. The van der Waals surface area contributed by atoms with Gasteiger partial charge in [0.05, 0.1) is 5.41 Å². The van der Waals surface area contributed by atoms with E-state index in [-0.39, 0.29) is 5.91 Å². The molecular weight excluding hydrogens is 218 g/mol. The van der Waals surface area contributed by atoms with E-state index in [1.165, 1.54) is 12.8 Å². The lowest BCUT2D eigenvalue weighted by atomic mass is 9.69. The third-order valence-corrected chi connectivity index (χ3v) is 4.34. The highest BCUT2D eigenvalue weighted by molar-refractivity contribution is 5.79. The Morgan fingerprint density at radius 3 is 2.29 bits per heavy atom. The molecule has 4 heteroatoms. The van der Waals surface area contributed by atoms with Crippen LogP contribution in [0.2, 0.25) is 0 Å². The van der Waals surface area contributed by atoms with Crippen molar-refractivity contribution < 1.29 is 14.7 Å². The third kappa shape index (κ3) is 2.79. The largest absolute Gasteiger partial charge is 0.481 e. The van der Waals surface area contributed by atoms with Gasteiger partial charge < -0.3 is 10.4 Å². The Morgan fingerprint density at radius 2 is 1.82 bits per heavy atom. The molecule has 0 aromatic heterocycles. The Hall–Kier alpha value is -1.06. The van der Waals surface area contributed by atoms with Crippen molar-refractivity contribution >= 4 is 11.9 Å². The van der Waals surface area contributed by atoms with Crippen LogP contribution >= 0.6 is 0 Å². The molecule has 0 atom stereocenters. The first-order chi connectivity index (χ1) is 8.12. The maximum atomic E-state index is 11.7. The summed E-state index contributed by atoms with van der Waals surface area (Å²) in [5, 5.41) is 11.9. The average molecular weight is 239 g/mol. The topological polar surface area (TPSA) is 66.4 Å². The van der Waals surface area contributed by atoms with Gasteiger partial charge in [0.25, 0.3) is 0 Å². The average Bonchev–Trinajstić information content (AvgIpc) is 2.68. The summed E-state index contributed by atoms with van der Waals surface area (Å²) in [4.78, 5) is 22.8. The maximum Gasteiger partial charge on any atom is 0.311 e. The van der Waals surface area contributed by atoms with Crippen molar-refractivity contribution in [3.63, 3.8) is 0 Å². The minimum absolute atomic E-state index is 0.0319. The molecule has 0 radical (unpaired) electrons. The summed E-state index contributed by atoms with van der Waals surface area (Å²) in [5.74, 6) is -0.202. The molecule has 0 unspecified atom stereocenters. The summed E-state index contributed by atoms with van der Waals surface area (Å²) >= 11 is 0. The van der Waals surface area contributed by atoms with Crippen molar-refractivity contribution in [1.82, 2.24) is 5.32 Å². The standard InChI is InChI=1S/C13H21NO3/c15-11(8-10-4-1-2-5-10)14-9-13(12(16)17)6-3-7-13/h10H,1-9H2,(H,14,15)(H,16,17). The maximum absolute atomic E-state index is 11.7. The lowest BCUT2D eigenvalue weighted by Crippen LogP contribution is -2.47. The van der Waals surface area contributed by atoms with Crippen LogP contribution in [0.25, 0.3) is 0 Å². The first kappa shape index (κ1) is 12.4. The first-order valence-electron chi connectivity index (χ1n) is 6.62. The Labute approximate surface area is 102 Å². The van der Waals surface area contributed by atoms with E-state index in [1.54, 1.807) is 0 Å². The molecule has 0 aliphatic heterocycles. The van der Waals surface area contributed by atoms with E-state index >= 15 is 0 Å². The summed E-state index contributed by atoms with van der Waals surface area (Å²) in [6, 6.07) is 0. The van der Waals surface area contributed by atoms with Crippen LogP contribution in [-0.4, -0.2) is 23.5 Å². The molecule has 2 fully saturated rings. The molecule has 4 nitrogen and oxygen atoms in total. The van der Waals surface area contributed by atoms with E-state index in [9.17, 15) is 9.59 Å². The van der Waals surface area contributed by atoms with Gasteiger partial charge in [0.1, 0.15) is 0 Å². The van der Waals surface area contributed by atoms with Gasteiger partial charge in [-0.1, -0.05) is 19.3 Å². The number of aliphatic carboxylic acids is 1. The van der Waals surface area contributed by atoms with Crippen LogP contribution in [0.15, 0.2) is 0 Å². The summed E-state index contributed by atoms with van der Waals surface area (Å²) < 4.78 is 0. The summed E-state index contributed by atoms with van der Waals surface area (Å²) in [6.07, 6.45) is 7.71. The van der Waals surface area contributed by atoms with Crippen molar-refractivity contribution in [3.8, 4) is 0 Å². The van der Waals surface area contributed by atoms with Crippen LogP contribution in [-0.2, 0) is 9.59 Å². The van der Waals surface area contributed by atoms with Crippen LogP contribution in [0.3, 0.4) is 0 Å². The van der Waals surface area contributed by atoms with Gasteiger partial charge in [-0.25, -0.2) is 0 Å². The van der Waals surface area contributed by atoms with E-state index in [0.717, 1.165) is 19.3 Å². The molecule has 2 N–H and O–H groups in total. The molecule has 2 aliphatic carbocycles. The van der Waals surface area contributed by atoms with Gasteiger partial charge in [-0.15, -0.1) is 0 Å². The van der Waals surface area contributed by atoms with Gasteiger partial charge in [0.2, 0.25) is 5.91 Å². The van der Waals surface area contributed by atoms with E-state index in [2.05, 4.69) is 5.32 Å². The predicted octanol–water partition coefficient (Wildman–Crippen LogP) is 1.94. The number of carboxylic acids is 1. The second-order valence-corrected chi connectivity index (χ2v) is 5.57. The Kier molecular flexibility index (Phi) is 3.69. The fourth-order valence-electron chi connectivity index (χ4n) is 2.89. The fourth-order valence-corrected chi connectivity index (χ4v) is 2.89. The molecule has 0 spiro atoms. The SMILES string of the molecule is O=C(CC1CCCC1)NCC1(C(=O)O)CCC1. The van der Waals surface area contributed by atoms with Crippen molar-refractivity contribution in [2.45, 2.75) is 51.4 Å². The molecule has 2 saturated carbocycles. The highest BCUT2D eigenvalue weighted by atomic mass is 16.4. The molecule has 0 saturated heterocycles. The Balaban J connectivity index is 1.73. The van der Waals surface area contributed by atoms with Crippen molar-refractivity contribution in [3.05, 3.63) is 0 Å². The minimum atomic E-state index is -0.759. The first-order valence-corrected chi connectivity index (χ1v) is 6.62. The molecular formula is C13H21NO3. The number of amides is 1. The zero-order chi connectivity index (χ0) is 12.3. The number of hydrogen-bond donors (Lipinski definition) is 2. The molecule has 0 aromatic rings. The van der Waals surface area contributed by atoms with Gasteiger partial charge in [-0.05, 0) is 31.6 Å². The van der Waals surface area contributed by atoms with Crippen molar-refractivity contribution in [1.29, 1.82) is 0 Å². The third-order valence-electron chi connectivity index (χ3n) is 4.34. The van der Waals surface area contributed by atoms with Crippen molar-refractivity contribution in [2.75, 3.05) is 6.54 Å². The molecule has 96 valence electrons. The normalized spacial score (nSPS) is 23.1. The van der Waals surface area contributed by atoms with Gasteiger partial charge in [-0.3, -0.25) is 9.59 Å². The number of carbonyl (C=O) groups is 2. The van der Waals surface area contributed by atoms with Gasteiger partial charge in [0.15, 0.2) is 0 Å².